The molecule has 0 aliphatic heterocycles. The average molecular weight is 1280 g/mol. The third-order valence-corrected chi connectivity index (χ3v) is 21.0. The van der Waals surface area contributed by atoms with E-state index in [2.05, 4.69) is 16.0 Å². The highest BCUT2D eigenvalue weighted by Crippen LogP contribution is 2.18. The molecule has 0 unspecified atom stereocenters. The molecule has 5 aromatic rings. The van der Waals surface area contributed by atoms with Gasteiger partial charge < -0.3 is 44.6 Å². The molecule has 0 fully saturated rings. The van der Waals surface area contributed by atoms with E-state index < -0.39 is 157 Å². The van der Waals surface area contributed by atoms with Crippen molar-refractivity contribution in [1.82, 2.24) is 33.2 Å². The predicted octanol–water partition coefficient (Wildman–Crippen LogP) is -0.0445. The van der Waals surface area contributed by atoms with Gasteiger partial charge in [0.2, 0.25) is 63.7 Å². The fraction of sp³-hybridized carbons (Fsp3) is 0.424. The van der Waals surface area contributed by atoms with Crippen LogP contribution in [-0.2, 0) is 90.0 Å². The monoisotopic (exact) mass is 1280 g/mol. The summed E-state index contributed by atoms with van der Waals surface area (Å²) in [5, 5.41) is 8.45. The summed E-state index contributed by atoms with van der Waals surface area (Å²) >= 11 is 0. The maximum atomic E-state index is 14.7. The van der Waals surface area contributed by atoms with Crippen LogP contribution >= 0.6 is 0 Å². The Hall–Kier alpha value is -6.54. The molecule has 0 saturated carbocycles. The number of primary amides is 1. The smallest absolute Gasteiger partial charge is 0.235 e. The van der Waals surface area contributed by atoms with E-state index in [0.717, 1.165) is 22.8 Å². The molecule has 24 nitrogen and oxygen atoms in total. The van der Waals surface area contributed by atoms with Crippen LogP contribution in [0.15, 0.2) is 152 Å². The highest BCUT2D eigenvalue weighted by molar-refractivity contribution is 7.89. The molecule has 5 rings (SSSR count). The summed E-state index contributed by atoms with van der Waals surface area (Å²) in [5.74, 6) is -5.70. The van der Waals surface area contributed by atoms with Gasteiger partial charge in [0.25, 0.3) is 0 Å². The minimum atomic E-state index is -4.47. The fourth-order valence-corrected chi connectivity index (χ4v) is 15.3. The van der Waals surface area contributed by atoms with E-state index in [-0.39, 0.29) is 51.9 Å². The number of carbonyl (C=O) groups is 4. The molecule has 0 radical (unpaired) electrons. The largest absolute Gasteiger partial charge is 0.369 e. The van der Waals surface area contributed by atoms with E-state index in [1.54, 1.807) is 121 Å². The van der Waals surface area contributed by atoms with Crippen molar-refractivity contribution in [1.29, 1.82) is 0 Å². The first-order chi connectivity index (χ1) is 41.4. The van der Waals surface area contributed by atoms with Gasteiger partial charge in [-0.2, -0.15) is 17.2 Å². The van der Waals surface area contributed by atoms with Gasteiger partial charge in [0.05, 0.1) is 49.2 Å². The van der Waals surface area contributed by atoms with Gasteiger partial charge in [-0.05, 0) is 66.5 Å². The van der Waals surface area contributed by atoms with Crippen LogP contribution in [0.1, 0.15) is 47.1 Å². The number of benzene rings is 5. The van der Waals surface area contributed by atoms with E-state index in [1.165, 1.54) is 0 Å². The standard InChI is InChI=1S/C59H84N12O12S4/c60-29-17-16-28-53(38-69(41-56(64)72)84(76,77)32-30-61)65-57(73)44-71(87(82,83)46-51-26-14-5-15-27-51)40-55(36-49-22-10-3-11-23-49)67-59(75)43-70(85(78,79)33-31-62)39-54(35-48-20-8-2-9-21-48)66-58(74)42-68(37-52(63)34-47-18-6-1-7-19-47)86(80,81)45-50-24-12-4-13-25-50/h1-15,18-27,52-55H,16-17,28-46,60-63H2,(H2,64,72)(H,65,73)(H,66,74)(H,67,75)/t52-,53-,54-,55-/m0/s1. The van der Waals surface area contributed by atoms with Crippen LogP contribution in [0, 0.1) is 0 Å². The van der Waals surface area contributed by atoms with Gasteiger partial charge in [0.1, 0.15) is 0 Å². The summed E-state index contributed by atoms with van der Waals surface area (Å²) in [5.41, 5.74) is 32.2. The number of hydrogen-bond donors (Lipinski definition) is 8. The normalized spacial score (nSPS) is 13.7. The second-order valence-electron chi connectivity index (χ2n) is 21.2. The first-order valence-electron chi connectivity index (χ1n) is 28.5. The van der Waals surface area contributed by atoms with E-state index in [0.29, 0.717) is 35.1 Å². The molecular formula is C59H84N12O12S4. The van der Waals surface area contributed by atoms with Crippen LogP contribution in [0.5, 0.6) is 0 Å². The van der Waals surface area contributed by atoms with E-state index in [9.17, 15) is 52.8 Å². The number of nitrogens with two attached hydrogens (primary N) is 5. The molecule has 476 valence electrons. The lowest BCUT2D eigenvalue weighted by atomic mass is 10.1. The zero-order valence-corrected chi connectivity index (χ0v) is 52.1. The van der Waals surface area contributed by atoms with Crippen molar-refractivity contribution in [3.8, 4) is 0 Å². The maximum Gasteiger partial charge on any atom is 0.235 e. The topological polar surface area (TPSA) is 384 Å². The molecule has 0 aromatic heterocycles. The Labute approximate surface area is 512 Å². The van der Waals surface area contributed by atoms with Gasteiger partial charge in [-0.3, -0.25) is 19.2 Å². The summed E-state index contributed by atoms with van der Waals surface area (Å²) in [7, 11) is -17.3. The van der Waals surface area contributed by atoms with Crippen molar-refractivity contribution < 1.29 is 52.8 Å². The van der Waals surface area contributed by atoms with E-state index in [1.807, 2.05) is 30.3 Å². The minimum Gasteiger partial charge on any atom is -0.369 e. The highest BCUT2D eigenvalue weighted by Gasteiger charge is 2.35. The lowest BCUT2D eigenvalue weighted by Gasteiger charge is -2.31. The average Bonchev–Trinajstić information content (AvgIpc) is 2.28. The van der Waals surface area contributed by atoms with Crippen molar-refractivity contribution in [3.05, 3.63) is 179 Å². The van der Waals surface area contributed by atoms with Crippen LogP contribution in [0.4, 0.5) is 0 Å². The molecule has 4 amide bonds. The number of carbonyl (C=O) groups excluding carboxylic acids is 4. The van der Waals surface area contributed by atoms with Crippen LogP contribution in [0.25, 0.3) is 0 Å². The first-order valence-corrected chi connectivity index (χ1v) is 35.0. The lowest BCUT2D eigenvalue weighted by Crippen LogP contribution is -2.55. The van der Waals surface area contributed by atoms with Crippen molar-refractivity contribution >= 4 is 63.7 Å². The van der Waals surface area contributed by atoms with E-state index >= 15 is 0 Å². The number of nitrogens with zero attached hydrogens (tertiary/aromatic N) is 4. The molecule has 0 aliphatic carbocycles. The van der Waals surface area contributed by atoms with E-state index in [4.69, 9.17) is 28.7 Å². The van der Waals surface area contributed by atoms with Gasteiger partial charge >= 0.3 is 0 Å². The maximum absolute atomic E-state index is 14.7. The number of rotatable bonds is 41. The fourth-order valence-electron chi connectivity index (χ4n) is 9.73. The summed E-state index contributed by atoms with van der Waals surface area (Å²) in [6.45, 7) is -5.19. The Morgan fingerprint density at radius 2 is 0.690 bits per heavy atom. The molecule has 0 aliphatic rings. The van der Waals surface area contributed by atoms with Crippen molar-refractivity contribution in [3.63, 3.8) is 0 Å². The SMILES string of the molecule is NCCCC[C@@H](CN(CC(N)=O)S(=O)(=O)CCN)NC(=O)CN(C[C@H](Cc1ccccc1)NC(=O)CN(C[C@H](Cc1ccccc1)NC(=O)CN(C[C@@H](N)Cc1ccccc1)S(=O)(=O)Cc1ccccc1)S(=O)(=O)CCN)S(=O)(=O)Cc1ccccc1. The Kier molecular flexibility index (Phi) is 29.0. The Bertz CT molecular complexity index is 3390. The number of nitrogens with one attached hydrogen (secondary N) is 3. The molecular weight excluding hydrogens is 1200 g/mol. The molecule has 0 bridgehead atoms. The van der Waals surface area contributed by atoms with Gasteiger partial charge in [0.15, 0.2) is 0 Å². The summed E-state index contributed by atoms with van der Waals surface area (Å²) in [6, 6.07) is 39.3. The Morgan fingerprint density at radius 3 is 1.05 bits per heavy atom. The van der Waals surface area contributed by atoms with Crippen molar-refractivity contribution in [2.24, 2.45) is 28.7 Å². The quantitative estimate of drug-likeness (QED) is 0.0238. The number of hydrogen-bond acceptors (Lipinski definition) is 16. The second kappa shape index (κ2) is 35.5. The van der Waals surface area contributed by atoms with Crippen molar-refractivity contribution in [2.75, 3.05) is 83.5 Å². The van der Waals surface area contributed by atoms with Crippen LogP contribution in [0.3, 0.4) is 0 Å². The number of sulfonamides is 4. The van der Waals surface area contributed by atoms with Gasteiger partial charge in [-0.15, -0.1) is 0 Å². The molecule has 0 spiro atoms. The lowest BCUT2D eigenvalue weighted by molar-refractivity contribution is -0.123. The molecule has 13 N–H and O–H groups in total. The summed E-state index contributed by atoms with van der Waals surface area (Å²) < 4.78 is 116. The molecule has 87 heavy (non-hydrogen) atoms. The molecule has 28 heteroatoms. The Morgan fingerprint density at radius 1 is 0.379 bits per heavy atom. The Balaban J connectivity index is 1.47. The minimum absolute atomic E-state index is 0.0145. The molecule has 5 aromatic carbocycles. The number of amides is 4. The number of unbranched alkanes of at least 4 members (excludes halogenated alkanes) is 1. The predicted molar refractivity (Wildman–Crippen MR) is 336 cm³/mol. The van der Waals surface area contributed by atoms with Gasteiger partial charge in [-0.25, -0.2) is 33.7 Å². The second-order valence-corrected chi connectivity index (χ2v) is 29.4. The zero-order chi connectivity index (χ0) is 63.5. The summed E-state index contributed by atoms with van der Waals surface area (Å²) in [4.78, 5) is 55.4. The highest BCUT2D eigenvalue weighted by atomic mass is 32.2. The molecule has 4 atom stereocenters. The van der Waals surface area contributed by atoms with Crippen LogP contribution in [0.2, 0.25) is 0 Å². The summed E-state index contributed by atoms with van der Waals surface area (Å²) in [6.07, 6.45) is 1.33. The molecule has 0 saturated heterocycles. The van der Waals surface area contributed by atoms with Gasteiger partial charge in [-0.1, -0.05) is 158 Å². The van der Waals surface area contributed by atoms with Gasteiger partial charge in [0, 0.05) is 63.4 Å². The molecule has 0 heterocycles. The first kappa shape index (κ1) is 71.2. The van der Waals surface area contributed by atoms with Crippen LogP contribution < -0.4 is 44.6 Å². The van der Waals surface area contributed by atoms with Crippen LogP contribution in [-0.4, -0.2) is 182 Å². The zero-order valence-electron chi connectivity index (χ0n) is 48.8. The van der Waals surface area contributed by atoms with Crippen molar-refractivity contribution in [2.45, 2.75) is 74.2 Å². The third-order valence-electron chi connectivity index (χ3n) is 13.8. The third kappa shape index (κ3) is 25.6.